The Kier molecular flexibility index (Phi) is 7.82. The van der Waals surface area contributed by atoms with E-state index in [4.69, 9.17) is 33.2 Å². The fourth-order valence-electron chi connectivity index (χ4n) is 2.80. The van der Waals surface area contributed by atoms with Crippen molar-refractivity contribution in [2.24, 2.45) is 0 Å². The summed E-state index contributed by atoms with van der Waals surface area (Å²) in [6.07, 6.45) is 0.395. The van der Waals surface area contributed by atoms with Gasteiger partial charge in [0.1, 0.15) is 17.5 Å². The molecule has 0 aliphatic carbocycles. The largest absolute Gasteiger partial charge is 0.456 e. The van der Waals surface area contributed by atoms with E-state index in [0.717, 1.165) is 0 Å². The second kappa shape index (κ2) is 10.6. The number of carbonyl (C=O) groups is 1. The van der Waals surface area contributed by atoms with E-state index in [1.807, 2.05) is 6.07 Å². The molecule has 10 heteroatoms. The van der Waals surface area contributed by atoms with E-state index in [2.05, 4.69) is 10.0 Å². The molecule has 0 aliphatic rings. The number of nitrogens with one attached hydrogen (secondary N) is 2. The molecule has 2 N–H and O–H groups in total. The second-order valence-electron chi connectivity index (χ2n) is 6.86. The molecule has 33 heavy (non-hydrogen) atoms. The zero-order valence-corrected chi connectivity index (χ0v) is 19.7. The van der Waals surface area contributed by atoms with Crippen molar-refractivity contribution in [1.82, 2.24) is 5.32 Å². The average molecular weight is 504 g/mol. The van der Waals surface area contributed by atoms with Gasteiger partial charge in [0.05, 0.1) is 27.2 Å². The summed E-state index contributed by atoms with van der Waals surface area (Å²) in [7, 11) is -4.04. The lowest BCUT2D eigenvalue weighted by Crippen LogP contribution is -2.33. The SMILES string of the molecule is CC[C@H](C#N)NC(=O)c1cc(Cl)ccc1NS(=O)(=O)c1ccc(Oc2ccccc2Cl)cc1. The third-order valence-electron chi connectivity index (χ3n) is 4.54. The van der Waals surface area contributed by atoms with Gasteiger partial charge in [0.15, 0.2) is 0 Å². The molecule has 0 saturated carbocycles. The molecule has 0 bridgehead atoms. The summed E-state index contributed by atoms with van der Waals surface area (Å²) in [5.41, 5.74) is 0.0273. The third kappa shape index (κ3) is 6.17. The molecule has 0 heterocycles. The first-order valence-corrected chi connectivity index (χ1v) is 12.0. The van der Waals surface area contributed by atoms with Crippen LogP contribution in [0, 0.1) is 11.3 Å². The van der Waals surface area contributed by atoms with Crippen LogP contribution in [0.3, 0.4) is 0 Å². The van der Waals surface area contributed by atoms with Crippen molar-refractivity contribution in [1.29, 1.82) is 5.26 Å². The van der Waals surface area contributed by atoms with Crippen LogP contribution >= 0.6 is 23.2 Å². The number of halogens is 2. The molecule has 3 aromatic rings. The van der Waals surface area contributed by atoms with E-state index in [-0.39, 0.29) is 21.2 Å². The number of hydrogen-bond acceptors (Lipinski definition) is 5. The smallest absolute Gasteiger partial charge is 0.261 e. The number of ether oxygens (including phenoxy) is 1. The van der Waals surface area contributed by atoms with Crippen molar-refractivity contribution in [3.8, 4) is 17.6 Å². The highest BCUT2D eigenvalue weighted by atomic mass is 35.5. The van der Waals surface area contributed by atoms with E-state index in [1.165, 1.54) is 42.5 Å². The van der Waals surface area contributed by atoms with E-state index in [9.17, 15) is 13.2 Å². The number of hydrogen-bond donors (Lipinski definition) is 2. The molecular weight excluding hydrogens is 485 g/mol. The number of anilines is 1. The summed E-state index contributed by atoms with van der Waals surface area (Å²) in [5.74, 6) is 0.218. The summed E-state index contributed by atoms with van der Waals surface area (Å²) in [6, 6.07) is 18.0. The normalized spacial score (nSPS) is 11.8. The molecule has 0 spiro atoms. The fraction of sp³-hybridized carbons (Fsp3) is 0.130. The Morgan fingerprint density at radius 2 is 1.79 bits per heavy atom. The topological polar surface area (TPSA) is 108 Å². The summed E-state index contributed by atoms with van der Waals surface area (Å²) in [6.45, 7) is 1.74. The van der Waals surface area contributed by atoms with Crippen molar-refractivity contribution < 1.29 is 17.9 Å². The van der Waals surface area contributed by atoms with Crippen molar-refractivity contribution >= 4 is 44.8 Å². The van der Waals surface area contributed by atoms with Gasteiger partial charge in [-0.1, -0.05) is 42.3 Å². The van der Waals surface area contributed by atoms with E-state index >= 15 is 0 Å². The van der Waals surface area contributed by atoms with Crippen LogP contribution in [0.4, 0.5) is 5.69 Å². The first-order chi connectivity index (χ1) is 15.7. The molecular formula is C23H19Cl2N3O4S. The van der Waals surface area contributed by atoms with Crippen LogP contribution < -0.4 is 14.8 Å². The Morgan fingerprint density at radius 1 is 1.09 bits per heavy atom. The lowest BCUT2D eigenvalue weighted by molar-refractivity contribution is 0.0945. The number of rotatable bonds is 8. The minimum atomic E-state index is -4.04. The lowest BCUT2D eigenvalue weighted by atomic mass is 10.1. The first-order valence-electron chi connectivity index (χ1n) is 9.78. The Morgan fingerprint density at radius 3 is 2.42 bits per heavy atom. The summed E-state index contributed by atoms with van der Waals surface area (Å²) in [5, 5.41) is 12.3. The number of benzene rings is 3. The minimum absolute atomic E-state index is 0.00144. The van der Waals surface area contributed by atoms with Crippen LogP contribution in [-0.2, 0) is 10.0 Å². The predicted molar refractivity (Wildman–Crippen MR) is 127 cm³/mol. The monoisotopic (exact) mass is 503 g/mol. The number of sulfonamides is 1. The van der Waals surface area contributed by atoms with Gasteiger partial charge < -0.3 is 10.1 Å². The van der Waals surface area contributed by atoms with Crippen LogP contribution in [0.2, 0.25) is 10.0 Å². The number of para-hydroxylation sites is 1. The van der Waals surface area contributed by atoms with Crippen LogP contribution in [0.5, 0.6) is 11.5 Å². The van der Waals surface area contributed by atoms with E-state index in [0.29, 0.717) is 22.9 Å². The van der Waals surface area contributed by atoms with E-state index in [1.54, 1.807) is 31.2 Å². The molecule has 170 valence electrons. The van der Waals surface area contributed by atoms with Crippen LogP contribution in [-0.4, -0.2) is 20.4 Å². The van der Waals surface area contributed by atoms with Crippen LogP contribution in [0.25, 0.3) is 0 Å². The zero-order valence-electron chi connectivity index (χ0n) is 17.4. The van der Waals surface area contributed by atoms with Crippen LogP contribution in [0.1, 0.15) is 23.7 Å². The molecule has 0 aromatic heterocycles. The number of amides is 1. The van der Waals surface area contributed by atoms with Gasteiger partial charge in [0.2, 0.25) is 0 Å². The second-order valence-corrected chi connectivity index (χ2v) is 9.39. The standard InChI is InChI=1S/C23H19Cl2N3O4S/c1-2-16(14-26)27-23(29)19-13-15(24)7-12-21(19)28-33(30,31)18-10-8-17(9-11-18)32-22-6-4-3-5-20(22)25/h3-13,16,28H,2H2,1H3,(H,27,29)/t16-/m1/s1. The number of nitrogens with zero attached hydrogens (tertiary/aromatic N) is 1. The predicted octanol–water partition coefficient (Wildman–Crippen LogP) is 5.62. The van der Waals surface area contributed by atoms with E-state index < -0.39 is 22.0 Å². The van der Waals surface area contributed by atoms with Gasteiger partial charge in [-0.25, -0.2) is 8.42 Å². The summed E-state index contributed by atoms with van der Waals surface area (Å²) >= 11 is 12.1. The Hall–Kier alpha value is -3.25. The average Bonchev–Trinajstić information content (AvgIpc) is 2.80. The highest BCUT2D eigenvalue weighted by Crippen LogP contribution is 2.30. The maximum atomic E-state index is 12.9. The van der Waals surface area contributed by atoms with Crippen molar-refractivity contribution in [3.05, 3.63) is 82.3 Å². The molecule has 1 atom stereocenters. The number of carbonyl (C=O) groups excluding carboxylic acids is 1. The highest BCUT2D eigenvalue weighted by molar-refractivity contribution is 7.92. The molecule has 1 amide bonds. The Bertz CT molecular complexity index is 1310. The molecule has 0 saturated heterocycles. The lowest BCUT2D eigenvalue weighted by Gasteiger charge is -2.15. The van der Waals surface area contributed by atoms with Crippen LogP contribution in [0.15, 0.2) is 71.6 Å². The maximum Gasteiger partial charge on any atom is 0.261 e. The van der Waals surface area contributed by atoms with Gasteiger partial charge in [-0.3, -0.25) is 9.52 Å². The van der Waals surface area contributed by atoms with Gasteiger partial charge in [-0.15, -0.1) is 0 Å². The quantitative estimate of drug-likeness (QED) is 0.414. The molecule has 3 aromatic carbocycles. The maximum absolute atomic E-state index is 12.9. The molecule has 3 rings (SSSR count). The molecule has 0 unspecified atom stereocenters. The molecule has 0 fully saturated rings. The number of nitriles is 1. The first kappa shape index (κ1) is 24.4. The van der Waals surface area contributed by atoms with Crippen molar-refractivity contribution in [2.45, 2.75) is 24.3 Å². The van der Waals surface area contributed by atoms with Crippen molar-refractivity contribution in [3.63, 3.8) is 0 Å². The molecule has 0 aliphatic heterocycles. The Balaban J connectivity index is 1.82. The fourth-order valence-corrected chi connectivity index (χ4v) is 4.23. The molecule has 0 radical (unpaired) electrons. The van der Waals surface area contributed by atoms with Gasteiger partial charge in [-0.05, 0) is 61.0 Å². The molecule has 7 nitrogen and oxygen atoms in total. The van der Waals surface area contributed by atoms with Gasteiger partial charge in [0.25, 0.3) is 15.9 Å². The third-order valence-corrected chi connectivity index (χ3v) is 6.47. The zero-order chi connectivity index (χ0) is 24.0. The van der Waals surface area contributed by atoms with Crippen molar-refractivity contribution in [2.75, 3.05) is 4.72 Å². The summed E-state index contributed by atoms with van der Waals surface area (Å²) < 4.78 is 33.9. The Labute approximate surface area is 202 Å². The minimum Gasteiger partial charge on any atom is -0.456 e. The van der Waals surface area contributed by atoms with Gasteiger partial charge >= 0.3 is 0 Å². The van der Waals surface area contributed by atoms with Gasteiger partial charge in [-0.2, -0.15) is 5.26 Å². The summed E-state index contributed by atoms with van der Waals surface area (Å²) in [4.78, 5) is 12.6. The van der Waals surface area contributed by atoms with Gasteiger partial charge in [0, 0.05) is 5.02 Å². The highest BCUT2D eigenvalue weighted by Gasteiger charge is 2.21.